The van der Waals surface area contributed by atoms with Crippen LogP contribution in [0.1, 0.15) is 10.4 Å². The molecule has 0 aliphatic carbocycles. The van der Waals surface area contributed by atoms with Gasteiger partial charge in [0.1, 0.15) is 11.6 Å². The minimum Gasteiger partial charge on any atom is -0.478 e. The van der Waals surface area contributed by atoms with Gasteiger partial charge in [0, 0.05) is 5.46 Å². The number of carbonyl (C=O) groups is 1. The van der Waals surface area contributed by atoms with Crippen molar-refractivity contribution in [2.75, 3.05) is 0 Å². The van der Waals surface area contributed by atoms with Crippen LogP contribution in [-0.2, 0) is 0 Å². The molecule has 0 saturated heterocycles. The van der Waals surface area contributed by atoms with E-state index in [1.54, 1.807) is 0 Å². The molecule has 0 heterocycles. The maximum atomic E-state index is 12.9. The van der Waals surface area contributed by atoms with E-state index in [0.717, 1.165) is 0 Å². The number of carboxylic acid groups (broad SMARTS) is 1. The fraction of sp³-hybridized carbons (Fsp3) is 0. The van der Waals surface area contributed by atoms with Gasteiger partial charge in [0.15, 0.2) is 0 Å². The summed E-state index contributed by atoms with van der Waals surface area (Å²) in [7, 11) is -2.17. The molecule has 0 amide bonds. The van der Waals surface area contributed by atoms with Crippen molar-refractivity contribution in [2.24, 2.45) is 0 Å². The Morgan fingerprint density at radius 3 is 2.21 bits per heavy atom. The van der Waals surface area contributed by atoms with Crippen LogP contribution in [0.4, 0.5) is 8.78 Å². The molecule has 1 aromatic carbocycles. The smallest absolute Gasteiger partial charge is 0.478 e. The Balaban J connectivity index is 3.31. The van der Waals surface area contributed by atoms with Crippen molar-refractivity contribution in [1.82, 2.24) is 0 Å². The highest BCUT2D eigenvalue weighted by Crippen LogP contribution is 2.08. The average molecular weight is 202 g/mol. The fourth-order valence-corrected chi connectivity index (χ4v) is 0.924. The molecule has 3 N–H and O–H groups in total. The lowest BCUT2D eigenvalue weighted by atomic mass is 9.79. The van der Waals surface area contributed by atoms with Crippen LogP contribution in [0.3, 0.4) is 0 Å². The molecule has 0 saturated carbocycles. The SMILES string of the molecule is O=C(O)c1cc(F)c(B(O)O)cc1F. The predicted octanol–water partition coefficient (Wildman–Crippen LogP) is -0.657. The third-order valence-electron chi connectivity index (χ3n) is 1.59. The monoisotopic (exact) mass is 202 g/mol. The topological polar surface area (TPSA) is 77.8 Å². The van der Waals surface area contributed by atoms with Gasteiger partial charge in [0.2, 0.25) is 0 Å². The Morgan fingerprint density at radius 1 is 1.21 bits per heavy atom. The number of carboxylic acids is 1. The van der Waals surface area contributed by atoms with E-state index < -0.39 is 35.7 Å². The Labute approximate surface area is 77.6 Å². The van der Waals surface area contributed by atoms with E-state index in [-0.39, 0.29) is 0 Å². The van der Waals surface area contributed by atoms with Crippen LogP contribution >= 0.6 is 0 Å². The average Bonchev–Trinajstić information content (AvgIpc) is 2.07. The van der Waals surface area contributed by atoms with Gasteiger partial charge in [0.05, 0.1) is 5.56 Å². The van der Waals surface area contributed by atoms with Crippen LogP contribution in [0.15, 0.2) is 12.1 Å². The molecule has 0 aliphatic heterocycles. The zero-order valence-corrected chi connectivity index (χ0v) is 6.74. The first-order valence-corrected chi connectivity index (χ1v) is 3.52. The highest BCUT2D eigenvalue weighted by Gasteiger charge is 2.21. The highest BCUT2D eigenvalue weighted by molar-refractivity contribution is 6.58. The molecule has 0 radical (unpaired) electrons. The van der Waals surface area contributed by atoms with Crippen molar-refractivity contribution in [3.8, 4) is 0 Å². The second-order valence-corrected chi connectivity index (χ2v) is 2.53. The molecule has 14 heavy (non-hydrogen) atoms. The van der Waals surface area contributed by atoms with E-state index in [4.69, 9.17) is 15.2 Å². The van der Waals surface area contributed by atoms with Gasteiger partial charge in [-0.3, -0.25) is 0 Å². The first-order valence-electron chi connectivity index (χ1n) is 3.52. The summed E-state index contributed by atoms with van der Waals surface area (Å²) in [5.41, 5.74) is -1.56. The molecule has 0 bridgehead atoms. The Kier molecular flexibility index (Phi) is 2.83. The number of hydrogen-bond acceptors (Lipinski definition) is 3. The molecule has 0 aromatic heterocycles. The second-order valence-electron chi connectivity index (χ2n) is 2.53. The van der Waals surface area contributed by atoms with Crippen molar-refractivity contribution < 1.29 is 28.7 Å². The first-order chi connectivity index (χ1) is 6.43. The van der Waals surface area contributed by atoms with Gasteiger partial charge in [-0.1, -0.05) is 0 Å². The third kappa shape index (κ3) is 1.89. The van der Waals surface area contributed by atoms with Gasteiger partial charge in [0.25, 0.3) is 0 Å². The molecule has 0 unspecified atom stereocenters. The Bertz CT molecular complexity index is 380. The number of rotatable bonds is 2. The van der Waals surface area contributed by atoms with Crippen molar-refractivity contribution in [2.45, 2.75) is 0 Å². The van der Waals surface area contributed by atoms with Crippen molar-refractivity contribution in [1.29, 1.82) is 0 Å². The highest BCUT2D eigenvalue weighted by atomic mass is 19.1. The summed E-state index contributed by atoms with van der Waals surface area (Å²) in [4.78, 5) is 10.3. The van der Waals surface area contributed by atoms with Crippen LogP contribution in [0.5, 0.6) is 0 Å². The molecule has 0 spiro atoms. The van der Waals surface area contributed by atoms with Crippen molar-refractivity contribution in [3.05, 3.63) is 29.3 Å². The zero-order chi connectivity index (χ0) is 10.9. The summed E-state index contributed by atoms with van der Waals surface area (Å²) >= 11 is 0. The Hall–Kier alpha value is -1.47. The standard InChI is InChI=1S/C7H5BF2O4/c9-5-2-4(8(13)14)6(10)1-3(5)7(11)12/h1-2,13-14H,(H,11,12). The van der Waals surface area contributed by atoms with Gasteiger partial charge < -0.3 is 15.2 Å². The van der Waals surface area contributed by atoms with Gasteiger partial charge >= 0.3 is 13.1 Å². The molecule has 1 aromatic rings. The summed E-state index contributed by atoms with van der Waals surface area (Å²) < 4.78 is 25.8. The second kappa shape index (κ2) is 3.73. The van der Waals surface area contributed by atoms with Crippen LogP contribution < -0.4 is 5.46 Å². The summed E-state index contributed by atoms with van der Waals surface area (Å²) in [5, 5.41) is 25.5. The molecule has 4 nitrogen and oxygen atoms in total. The molecule has 1 rings (SSSR count). The summed E-state index contributed by atoms with van der Waals surface area (Å²) in [5.74, 6) is -4.03. The van der Waals surface area contributed by atoms with E-state index in [0.29, 0.717) is 12.1 Å². The van der Waals surface area contributed by atoms with Gasteiger partial charge in [-0.25, -0.2) is 13.6 Å². The first kappa shape index (κ1) is 10.6. The predicted molar refractivity (Wildman–Crippen MR) is 43.1 cm³/mol. The van der Waals surface area contributed by atoms with Crippen LogP contribution in [0, 0.1) is 11.6 Å². The summed E-state index contributed by atoms with van der Waals surface area (Å²) in [6.07, 6.45) is 0. The quantitative estimate of drug-likeness (QED) is 0.556. The number of benzene rings is 1. The third-order valence-corrected chi connectivity index (χ3v) is 1.59. The largest absolute Gasteiger partial charge is 0.491 e. The lowest BCUT2D eigenvalue weighted by Gasteiger charge is -2.03. The lowest BCUT2D eigenvalue weighted by molar-refractivity contribution is 0.0691. The molecule has 74 valence electrons. The van der Waals surface area contributed by atoms with Crippen molar-refractivity contribution in [3.63, 3.8) is 0 Å². The molecule has 7 heteroatoms. The fourth-order valence-electron chi connectivity index (χ4n) is 0.924. The minimum absolute atomic E-state index is 0.395. The van der Waals surface area contributed by atoms with Gasteiger partial charge in [-0.05, 0) is 12.1 Å². The number of aromatic carboxylic acids is 1. The van der Waals surface area contributed by atoms with Crippen LogP contribution in [-0.4, -0.2) is 28.2 Å². The Morgan fingerprint density at radius 2 is 1.79 bits per heavy atom. The zero-order valence-electron chi connectivity index (χ0n) is 6.74. The van der Waals surface area contributed by atoms with Crippen molar-refractivity contribution >= 4 is 18.6 Å². The normalized spacial score (nSPS) is 10.0. The lowest BCUT2D eigenvalue weighted by Crippen LogP contribution is -2.33. The van der Waals surface area contributed by atoms with Crippen LogP contribution in [0.25, 0.3) is 0 Å². The van der Waals surface area contributed by atoms with E-state index in [1.165, 1.54) is 0 Å². The van der Waals surface area contributed by atoms with Crippen LogP contribution in [0.2, 0.25) is 0 Å². The molecular weight excluding hydrogens is 197 g/mol. The summed E-state index contributed by atoms with van der Waals surface area (Å²) in [6, 6.07) is 0.829. The van der Waals surface area contributed by atoms with Gasteiger partial charge in [-0.15, -0.1) is 0 Å². The number of hydrogen-bond donors (Lipinski definition) is 3. The van der Waals surface area contributed by atoms with E-state index in [2.05, 4.69) is 0 Å². The van der Waals surface area contributed by atoms with E-state index in [9.17, 15) is 13.6 Å². The van der Waals surface area contributed by atoms with E-state index in [1.807, 2.05) is 0 Å². The molecule has 0 fully saturated rings. The molecule has 0 aliphatic rings. The maximum Gasteiger partial charge on any atom is 0.491 e. The van der Waals surface area contributed by atoms with Gasteiger partial charge in [-0.2, -0.15) is 0 Å². The van der Waals surface area contributed by atoms with E-state index >= 15 is 0 Å². The minimum atomic E-state index is -2.17. The molecule has 0 atom stereocenters. The maximum absolute atomic E-state index is 12.9. The summed E-state index contributed by atoms with van der Waals surface area (Å²) in [6.45, 7) is 0. The number of halogens is 2. The molecular formula is C7H5BF2O4.